The summed E-state index contributed by atoms with van der Waals surface area (Å²) in [4.78, 5) is 23.9. The molecular formula is C18H25NO5. The van der Waals surface area contributed by atoms with E-state index in [2.05, 4.69) is 12.2 Å². The Morgan fingerprint density at radius 1 is 1.21 bits per heavy atom. The molecule has 6 heteroatoms. The van der Waals surface area contributed by atoms with Crippen molar-refractivity contribution in [1.29, 1.82) is 0 Å². The number of para-hydroxylation sites is 2. The summed E-state index contributed by atoms with van der Waals surface area (Å²) >= 11 is 0. The minimum Gasteiger partial charge on any atom is -0.490 e. The van der Waals surface area contributed by atoms with Crippen LogP contribution in [0.4, 0.5) is 0 Å². The molecule has 2 rings (SSSR count). The van der Waals surface area contributed by atoms with Crippen LogP contribution in [0.15, 0.2) is 24.3 Å². The zero-order chi connectivity index (χ0) is 17.6. The van der Waals surface area contributed by atoms with E-state index >= 15 is 0 Å². The Hall–Kier alpha value is -2.24. The maximum Gasteiger partial charge on any atom is 0.329 e. The lowest BCUT2D eigenvalue weighted by Crippen LogP contribution is -2.57. The van der Waals surface area contributed by atoms with Crippen molar-refractivity contribution >= 4 is 11.9 Å². The molecule has 132 valence electrons. The van der Waals surface area contributed by atoms with Crippen LogP contribution in [0.2, 0.25) is 0 Å². The van der Waals surface area contributed by atoms with Gasteiger partial charge in [-0.2, -0.15) is 0 Å². The number of rotatable bonds is 7. The van der Waals surface area contributed by atoms with Gasteiger partial charge in [0.1, 0.15) is 5.54 Å². The predicted molar refractivity (Wildman–Crippen MR) is 89.2 cm³/mol. The number of carboxylic acids is 1. The van der Waals surface area contributed by atoms with Crippen molar-refractivity contribution in [1.82, 2.24) is 5.32 Å². The maximum atomic E-state index is 12.2. The highest BCUT2D eigenvalue weighted by Crippen LogP contribution is 2.32. The second-order valence-corrected chi connectivity index (χ2v) is 6.29. The van der Waals surface area contributed by atoms with Crippen molar-refractivity contribution in [3.8, 4) is 11.5 Å². The van der Waals surface area contributed by atoms with E-state index in [0.717, 1.165) is 12.8 Å². The van der Waals surface area contributed by atoms with Gasteiger partial charge < -0.3 is 19.9 Å². The summed E-state index contributed by atoms with van der Waals surface area (Å²) in [6.45, 7) is 4.22. The van der Waals surface area contributed by atoms with Gasteiger partial charge in [-0.15, -0.1) is 0 Å². The van der Waals surface area contributed by atoms with Crippen molar-refractivity contribution in [2.24, 2.45) is 5.92 Å². The Balaban J connectivity index is 1.96. The molecule has 1 aliphatic rings. The third-order valence-corrected chi connectivity index (χ3v) is 4.42. The van der Waals surface area contributed by atoms with Crippen LogP contribution in [-0.4, -0.2) is 35.7 Å². The standard InChI is InChI=1S/C18H25NO5/c1-3-23-14-6-4-5-7-15(14)24-12-16(20)19-18(17(21)22)10-8-13(2)9-11-18/h4-7,13H,3,8-12H2,1-2H3,(H,19,20)(H,21,22). The van der Waals surface area contributed by atoms with Gasteiger partial charge >= 0.3 is 5.97 Å². The second kappa shape index (κ2) is 8.04. The molecule has 1 fully saturated rings. The van der Waals surface area contributed by atoms with Crippen LogP contribution in [-0.2, 0) is 9.59 Å². The second-order valence-electron chi connectivity index (χ2n) is 6.29. The lowest BCUT2D eigenvalue weighted by atomic mass is 9.77. The van der Waals surface area contributed by atoms with Gasteiger partial charge in [0.15, 0.2) is 18.1 Å². The van der Waals surface area contributed by atoms with Gasteiger partial charge in [0.05, 0.1) is 6.61 Å². The fraction of sp³-hybridized carbons (Fsp3) is 0.556. The number of nitrogens with one attached hydrogen (secondary N) is 1. The molecule has 1 aliphatic carbocycles. The first kappa shape index (κ1) is 18.1. The molecule has 0 heterocycles. The van der Waals surface area contributed by atoms with Gasteiger partial charge in [0.25, 0.3) is 5.91 Å². The molecule has 1 aromatic carbocycles. The number of aliphatic carboxylic acids is 1. The molecular weight excluding hydrogens is 310 g/mol. The van der Waals surface area contributed by atoms with E-state index in [-0.39, 0.29) is 6.61 Å². The average Bonchev–Trinajstić information content (AvgIpc) is 2.56. The Morgan fingerprint density at radius 3 is 2.33 bits per heavy atom. The lowest BCUT2D eigenvalue weighted by molar-refractivity contribution is -0.150. The number of benzene rings is 1. The molecule has 0 saturated heterocycles. The zero-order valence-corrected chi connectivity index (χ0v) is 14.2. The van der Waals surface area contributed by atoms with E-state index < -0.39 is 17.4 Å². The molecule has 24 heavy (non-hydrogen) atoms. The summed E-state index contributed by atoms with van der Waals surface area (Å²) in [6.07, 6.45) is 2.48. The van der Waals surface area contributed by atoms with Crippen LogP contribution < -0.4 is 14.8 Å². The van der Waals surface area contributed by atoms with Crippen LogP contribution in [0.5, 0.6) is 11.5 Å². The molecule has 6 nitrogen and oxygen atoms in total. The molecule has 0 spiro atoms. The average molecular weight is 335 g/mol. The van der Waals surface area contributed by atoms with E-state index in [1.807, 2.05) is 13.0 Å². The summed E-state index contributed by atoms with van der Waals surface area (Å²) in [6, 6.07) is 7.09. The van der Waals surface area contributed by atoms with Gasteiger partial charge in [-0.3, -0.25) is 4.79 Å². The minimum atomic E-state index is -1.17. The van der Waals surface area contributed by atoms with Crippen LogP contribution in [0.3, 0.4) is 0 Å². The van der Waals surface area contributed by atoms with E-state index in [9.17, 15) is 14.7 Å². The van der Waals surface area contributed by atoms with Gasteiger partial charge in [-0.25, -0.2) is 4.79 Å². The fourth-order valence-corrected chi connectivity index (χ4v) is 2.94. The molecule has 0 radical (unpaired) electrons. The van der Waals surface area contributed by atoms with Crippen molar-refractivity contribution in [2.75, 3.05) is 13.2 Å². The number of amides is 1. The first-order chi connectivity index (χ1) is 11.5. The summed E-state index contributed by atoms with van der Waals surface area (Å²) in [5.74, 6) is 0.114. The van der Waals surface area contributed by atoms with Crippen LogP contribution >= 0.6 is 0 Å². The normalized spacial score (nSPS) is 23.3. The molecule has 0 aliphatic heterocycles. The summed E-state index contributed by atoms with van der Waals surface area (Å²) in [7, 11) is 0. The van der Waals surface area contributed by atoms with E-state index in [4.69, 9.17) is 9.47 Å². The minimum absolute atomic E-state index is 0.241. The number of hydrogen-bond donors (Lipinski definition) is 2. The first-order valence-corrected chi connectivity index (χ1v) is 8.36. The predicted octanol–water partition coefficient (Wildman–Crippen LogP) is 2.61. The SMILES string of the molecule is CCOc1ccccc1OCC(=O)NC1(C(=O)O)CCC(C)CC1. The Labute approximate surface area is 142 Å². The van der Waals surface area contributed by atoms with Crippen molar-refractivity contribution < 1.29 is 24.2 Å². The molecule has 0 bridgehead atoms. The number of carbonyl (C=O) groups is 2. The molecule has 0 aromatic heterocycles. The summed E-state index contributed by atoms with van der Waals surface area (Å²) < 4.78 is 10.9. The molecule has 1 saturated carbocycles. The largest absolute Gasteiger partial charge is 0.490 e. The summed E-state index contributed by atoms with van der Waals surface area (Å²) in [5, 5.41) is 12.2. The molecule has 1 aromatic rings. The highest BCUT2D eigenvalue weighted by Gasteiger charge is 2.42. The molecule has 1 amide bonds. The number of carboxylic acid groups (broad SMARTS) is 1. The third-order valence-electron chi connectivity index (χ3n) is 4.42. The van der Waals surface area contributed by atoms with Crippen LogP contribution in [0.1, 0.15) is 39.5 Å². The van der Waals surface area contributed by atoms with Crippen molar-refractivity contribution in [3.05, 3.63) is 24.3 Å². The van der Waals surface area contributed by atoms with Crippen molar-refractivity contribution in [3.63, 3.8) is 0 Å². The number of ether oxygens (including phenoxy) is 2. The van der Waals surface area contributed by atoms with Crippen LogP contribution in [0.25, 0.3) is 0 Å². The lowest BCUT2D eigenvalue weighted by Gasteiger charge is -2.36. The fourth-order valence-electron chi connectivity index (χ4n) is 2.94. The van der Waals surface area contributed by atoms with Gasteiger partial charge in [-0.05, 0) is 50.7 Å². The molecule has 2 N–H and O–H groups in total. The molecule has 0 unspecified atom stereocenters. The van der Waals surface area contributed by atoms with E-state index in [1.54, 1.807) is 18.2 Å². The van der Waals surface area contributed by atoms with Crippen LogP contribution in [0, 0.1) is 5.92 Å². The highest BCUT2D eigenvalue weighted by atomic mass is 16.5. The number of hydrogen-bond acceptors (Lipinski definition) is 4. The Kier molecular flexibility index (Phi) is 6.06. The van der Waals surface area contributed by atoms with Gasteiger partial charge in [-0.1, -0.05) is 19.1 Å². The zero-order valence-electron chi connectivity index (χ0n) is 14.2. The Morgan fingerprint density at radius 2 is 1.79 bits per heavy atom. The monoisotopic (exact) mass is 335 g/mol. The topological polar surface area (TPSA) is 84.9 Å². The maximum absolute atomic E-state index is 12.2. The van der Waals surface area contributed by atoms with E-state index in [1.165, 1.54) is 0 Å². The quantitative estimate of drug-likeness (QED) is 0.800. The smallest absolute Gasteiger partial charge is 0.329 e. The van der Waals surface area contributed by atoms with E-state index in [0.29, 0.717) is 36.9 Å². The molecule has 0 atom stereocenters. The Bertz CT molecular complexity index is 579. The third kappa shape index (κ3) is 4.40. The van der Waals surface area contributed by atoms with Gasteiger partial charge in [0, 0.05) is 0 Å². The number of carbonyl (C=O) groups excluding carboxylic acids is 1. The highest BCUT2D eigenvalue weighted by molar-refractivity contribution is 5.87. The summed E-state index contributed by atoms with van der Waals surface area (Å²) in [5.41, 5.74) is -1.17. The van der Waals surface area contributed by atoms with Gasteiger partial charge in [0.2, 0.25) is 0 Å². The first-order valence-electron chi connectivity index (χ1n) is 8.36. The van der Waals surface area contributed by atoms with Crippen molar-refractivity contribution in [2.45, 2.75) is 45.1 Å².